The maximum absolute atomic E-state index is 12.2. The molecule has 9 heteroatoms. The van der Waals surface area contributed by atoms with Gasteiger partial charge in [0.1, 0.15) is 5.70 Å². The Morgan fingerprint density at radius 1 is 0.966 bits per heavy atom. The first-order chi connectivity index (χ1) is 13.9. The van der Waals surface area contributed by atoms with Crippen molar-refractivity contribution in [1.29, 1.82) is 0 Å². The molecular formula is C20H18BrN3O5. The number of rotatable bonds is 6. The lowest BCUT2D eigenvalue weighted by atomic mass is 10.2. The third kappa shape index (κ3) is 7.23. The SMILES string of the molecule is CC(=O)N/C(=C/c1ccccc1)C(=O)OCC(=O)NNC(=O)c1ccccc1Br. The first-order valence-electron chi connectivity index (χ1n) is 8.42. The van der Waals surface area contributed by atoms with Crippen LogP contribution in [0.25, 0.3) is 6.08 Å². The summed E-state index contributed by atoms with van der Waals surface area (Å²) in [5.41, 5.74) is 5.24. The molecule has 0 aromatic heterocycles. The van der Waals surface area contributed by atoms with Crippen LogP contribution in [0.5, 0.6) is 0 Å². The van der Waals surface area contributed by atoms with E-state index in [0.29, 0.717) is 15.6 Å². The first-order valence-corrected chi connectivity index (χ1v) is 9.21. The average molecular weight is 460 g/mol. The molecule has 150 valence electrons. The van der Waals surface area contributed by atoms with Crippen LogP contribution in [-0.2, 0) is 19.1 Å². The Labute approximate surface area is 175 Å². The maximum atomic E-state index is 12.2. The molecule has 0 atom stereocenters. The van der Waals surface area contributed by atoms with Gasteiger partial charge in [-0.15, -0.1) is 0 Å². The van der Waals surface area contributed by atoms with Crippen LogP contribution in [0.1, 0.15) is 22.8 Å². The highest BCUT2D eigenvalue weighted by molar-refractivity contribution is 9.10. The van der Waals surface area contributed by atoms with Gasteiger partial charge in [0, 0.05) is 11.4 Å². The van der Waals surface area contributed by atoms with Crippen molar-refractivity contribution in [3.8, 4) is 0 Å². The van der Waals surface area contributed by atoms with E-state index in [9.17, 15) is 19.2 Å². The monoisotopic (exact) mass is 459 g/mol. The topological polar surface area (TPSA) is 114 Å². The lowest BCUT2D eigenvalue weighted by Gasteiger charge is -2.10. The van der Waals surface area contributed by atoms with Crippen LogP contribution in [0.3, 0.4) is 0 Å². The van der Waals surface area contributed by atoms with Crippen LogP contribution in [0.2, 0.25) is 0 Å². The summed E-state index contributed by atoms with van der Waals surface area (Å²) in [6, 6.07) is 15.5. The highest BCUT2D eigenvalue weighted by atomic mass is 79.9. The average Bonchev–Trinajstić information content (AvgIpc) is 2.70. The van der Waals surface area contributed by atoms with Gasteiger partial charge in [0.2, 0.25) is 5.91 Å². The Kier molecular flexibility index (Phi) is 8.11. The van der Waals surface area contributed by atoms with E-state index in [-0.39, 0.29) is 5.70 Å². The molecule has 0 heterocycles. The lowest BCUT2D eigenvalue weighted by Crippen LogP contribution is -2.44. The predicted molar refractivity (Wildman–Crippen MR) is 109 cm³/mol. The number of hydrazine groups is 1. The van der Waals surface area contributed by atoms with E-state index in [4.69, 9.17) is 4.74 Å². The van der Waals surface area contributed by atoms with Crippen LogP contribution in [0.15, 0.2) is 64.8 Å². The van der Waals surface area contributed by atoms with Gasteiger partial charge in [0.25, 0.3) is 11.8 Å². The summed E-state index contributed by atoms with van der Waals surface area (Å²) in [6.45, 7) is 0.594. The molecule has 0 bridgehead atoms. The summed E-state index contributed by atoms with van der Waals surface area (Å²) in [5.74, 6) is -2.65. The van der Waals surface area contributed by atoms with E-state index in [2.05, 4.69) is 32.1 Å². The third-order valence-corrected chi connectivity index (χ3v) is 4.10. The number of hydrogen-bond donors (Lipinski definition) is 3. The van der Waals surface area contributed by atoms with E-state index in [1.807, 2.05) is 0 Å². The van der Waals surface area contributed by atoms with E-state index >= 15 is 0 Å². The van der Waals surface area contributed by atoms with E-state index < -0.39 is 30.3 Å². The number of halogens is 1. The molecule has 0 saturated carbocycles. The van der Waals surface area contributed by atoms with E-state index in [1.54, 1.807) is 54.6 Å². The van der Waals surface area contributed by atoms with Crippen molar-refractivity contribution in [2.45, 2.75) is 6.92 Å². The molecule has 0 aliphatic carbocycles. The molecule has 0 radical (unpaired) electrons. The minimum absolute atomic E-state index is 0.117. The second-order valence-electron chi connectivity index (χ2n) is 5.71. The number of hydrogen-bond acceptors (Lipinski definition) is 5. The fourth-order valence-electron chi connectivity index (χ4n) is 2.14. The van der Waals surface area contributed by atoms with Crippen LogP contribution in [0.4, 0.5) is 0 Å². The highest BCUT2D eigenvalue weighted by Gasteiger charge is 2.16. The number of benzene rings is 2. The molecule has 8 nitrogen and oxygen atoms in total. The molecule has 2 aromatic rings. The van der Waals surface area contributed by atoms with Crippen molar-refractivity contribution in [3.05, 3.63) is 75.9 Å². The molecule has 0 aliphatic heterocycles. The molecule has 0 aliphatic rings. The third-order valence-electron chi connectivity index (χ3n) is 3.41. The molecule has 0 fully saturated rings. The van der Waals surface area contributed by atoms with Gasteiger partial charge in [-0.2, -0.15) is 0 Å². The zero-order valence-corrected chi connectivity index (χ0v) is 17.0. The minimum atomic E-state index is -0.892. The Balaban J connectivity index is 1.91. The molecule has 0 spiro atoms. The lowest BCUT2D eigenvalue weighted by molar-refractivity contribution is -0.145. The molecule has 29 heavy (non-hydrogen) atoms. The number of carbonyl (C=O) groups excluding carboxylic acids is 4. The number of carbonyl (C=O) groups is 4. The molecule has 2 aromatic carbocycles. The van der Waals surface area contributed by atoms with Crippen LogP contribution >= 0.6 is 15.9 Å². The van der Waals surface area contributed by atoms with Crippen molar-refractivity contribution in [2.75, 3.05) is 6.61 Å². The van der Waals surface area contributed by atoms with Crippen LogP contribution < -0.4 is 16.2 Å². The predicted octanol–water partition coefficient (Wildman–Crippen LogP) is 1.93. The van der Waals surface area contributed by atoms with Crippen molar-refractivity contribution >= 4 is 45.7 Å². The van der Waals surface area contributed by atoms with Gasteiger partial charge < -0.3 is 10.1 Å². The minimum Gasteiger partial charge on any atom is -0.451 e. The number of ether oxygens (including phenoxy) is 1. The Hall–Kier alpha value is -3.46. The first kappa shape index (κ1) is 21.8. The summed E-state index contributed by atoms with van der Waals surface area (Å²) in [7, 11) is 0. The molecule has 2 rings (SSSR count). The summed E-state index contributed by atoms with van der Waals surface area (Å²) in [4.78, 5) is 47.4. The molecular weight excluding hydrogens is 442 g/mol. The summed E-state index contributed by atoms with van der Waals surface area (Å²) in [6.07, 6.45) is 1.43. The zero-order valence-electron chi connectivity index (χ0n) is 15.4. The number of amides is 3. The summed E-state index contributed by atoms with van der Waals surface area (Å²) in [5, 5.41) is 2.37. The van der Waals surface area contributed by atoms with Crippen molar-refractivity contribution in [1.82, 2.24) is 16.2 Å². The van der Waals surface area contributed by atoms with E-state index in [0.717, 1.165) is 0 Å². The molecule has 3 amide bonds. The zero-order chi connectivity index (χ0) is 21.2. The van der Waals surface area contributed by atoms with Gasteiger partial charge in [-0.25, -0.2) is 4.79 Å². The van der Waals surface area contributed by atoms with Gasteiger partial charge in [-0.05, 0) is 39.7 Å². The van der Waals surface area contributed by atoms with Crippen LogP contribution in [0, 0.1) is 0 Å². The van der Waals surface area contributed by atoms with Gasteiger partial charge in [0.15, 0.2) is 6.61 Å². The fraction of sp³-hybridized carbons (Fsp3) is 0.100. The summed E-state index contributed by atoms with van der Waals surface area (Å²) < 4.78 is 5.47. The number of esters is 1. The van der Waals surface area contributed by atoms with Crippen molar-refractivity contribution < 1.29 is 23.9 Å². The van der Waals surface area contributed by atoms with Gasteiger partial charge in [-0.1, -0.05) is 42.5 Å². The maximum Gasteiger partial charge on any atom is 0.355 e. The second-order valence-corrected chi connectivity index (χ2v) is 6.56. The second kappa shape index (κ2) is 10.8. The fourth-order valence-corrected chi connectivity index (χ4v) is 2.60. The van der Waals surface area contributed by atoms with Crippen molar-refractivity contribution in [3.63, 3.8) is 0 Å². The smallest absolute Gasteiger partial charge is 0.355 e. The van der Waals surface area contributed by atoms with Gasteiger partial charge in [0.05, 0.1) is 5.56 Å². The quantitative estimate of drug-likeness (QED) is 0.347. The Bertz CT molecular complexity index is 944. The Morgan fingerprint density at radius 3 is 2.28 bits per heavy atom. The molecule has 0 unspecified atom stereocenters. The normalized spacial score (nSPS) is 10.6. The largest absolute Gasteiger partial charge is 0.451 e. The van der Waals surface area contributed by atoms with Gasteiger partial charge in [-0.3, -0.25) is 25.2 Å². The molecule has 3 N–H and O–H groups in total. The molecule has 0 saturated heterocycles. The summed E-state index contributed by atoms with van der Waals surface area (Å²) >= 11 is 3.23. The number of nitrogens with one attached hydrogen (secondary N) is 3. The van der Waals surface area contributed by atoms with E-state index in [1.165, 1.54) is 13.0 Å². The van der Waals surface area contributed by atoms with Gasteiger partial charge >= 0.3 is 5.97 Å². The van der Waals surface area contributed by atoms with Crippen LogP contribution in [-0.4, -0.2) is 30.3 Å². The highest BCUT2D eigenvalue weighted by Crippen LogP contribution is 2.15. The van der Waals surface area contributed by atoms with Crippen molar-refractivity contribution in [2.24, 2.45) is 0 Å². The Morgan fingerprint density at radius 2 is 1.62 bits per heavy atom. The standard InChI is InChI=1S/C20H18BrN3O5/c1-13(25)22-17(11-14-7-3-2-4-8-14)20(28)29-12-18(26)23-24-19(27)15-9-5-6-10-16(15)21/h2-11H,12H2,1H3,(H,22,25)(H,23,26)(H,24,27)/b17-11+.